The molecule has 1 aliphatic rings. The van der Waals surface area contributed by atoms with Gasteiger partial charge in [0.2, 0.25) is 0 Å². The van der Waals surface area contributed by atoms with Gasteiger partial charge in [0.25, 0.3) is 11.8 Å². The molecule has 0 aliphatic carbocycles. The van der Waals surface area contributed by atoms with Crippen LogP contribution in [0.3, 0.4) is 0 Å². The summed E-state index contributed by atoms with van der Waals surface area (Å²) in [7, 11) is 3.92. The first-order valence-electron chi connectivity index (χ1n) is 8.92. The Morgan fingerprint density at radius 3 is 2.42 bits per heavy atom. The van der Waals surface area contributed by atoms with Crippen molar-refractivity contribution in [3.05, 3.63) is 65.2 Å². The number of nitrogens with zero attached hydrogens (tertiary/aromatic N) is 2. The van der Waals surface area contributed by atoms with E-state index in [4.69, 9.17) is 0 Å². The van der Waals surface area contributed by atoms with E-state index >= 15 is 0 Å². The van der Waals surface area contributed by atoms with Crippen LogP contribution in [0.1, 0.15) is 33.2 Å². The van der Waals surface area contributed by atoms with Gasteiger partial charge in [0.05, 0.1) is 0 Å². The zero-order chi connectivity index (χ0) is 18.7. The molecule has 3 rings (SSSR count). The van der Waals surface area contributed by atoms with Crippen LogP contribution in [0, 0.1) is 0 Å². The Labute approximate surface area is 154 Å². The first-order valence-corrected chi connectivity index (χ1v) is 8.92. The van der Waals surface area contributed by atoms with Crippen molar-refractivity contribution in [3.8, 4) is 0 Å². The Hall–Kier alpha value is -2.66. The maximum absolute atomic E-state index is 13.0. The molecule has 1 aliphatic heterocycles. The highest BCUT2D eigenvalue weighted by Gasteiger charge is 2.31. The fourth-order valence-corrected chi connectivity index (χ4v) is 3.27. The smallest absolute Gasteiger partial charge is 0.258 e. The van der Waals surface area contributed by atoms with E-state index in [-0.39, 0.29) is 17.9 Å². The van der Waals surface area contributed by atoms with Gasteiger partial charge in [-0.05, 0) is 63.3 Å². The maximum Gasteiger partial charge on any atom is 0.258 e. The molecule has 0 saturated heterocycles. The van der Waals surface area contributed by atoms with Gasteiger partial charge in [0.15, 0.2) is 0 Å². The number of nitrogens with one attached hydrogen (secondary N) is 1. The first-order chi connectivity index (χ1) is 12.5. The van der Waals surface area contributed by atoms with E-state index in [0.717, 1.165) is 18.7 Å². The van der Waals surface area contributed by atoms with Crippen LogP contribution >= 0.6 is 0 Å². The molecule has 1 atom stereocenters. The Kier molecular flexibility index (Phi) is 5.38. The lowest BCUT2D eigenvalue weighted by Crippen LogP contribution is -2.35. The first kappa shape index (κ1) is 18.1. The monoisotopic (exact) mass is 351 g/mol. The summed E-state index contributed by atoms with van der Waals surface area (Å²) in [6, 6.07) is 15.0. The number of fused-ring (bicyclic) bond motifs is 1. The Morgan fingerprint density at radius 1 is 1.08 bits per heavy atom. The van der Waals surface area contributed by atoms with Crippen molar-refractivity contribution < 1.29 is 9.59 Å². The van der Waals surface area contributed by atoms with Crippen LogP contribution in [0.15, 0.2) is 48.5 Å². The third kappa shape index (κ3) is 3.78. The molecular weight excluding hydrogens is 326 g/mol. The van der Waals surface area contributed by atoms with Crippen molar-refractivity contribution in [2.45, 2.75) is 19.4 Å². The Morgan fingerprint density at radius 2 is 1.73 bits per heavy atom. The van der Waals surface area contributed by atoms with Crippen LogP contribution in [0.5, 0.6) is 0 Å². The minimum atomic E-state index is -0.120. The third-order valence-electron chi connectivity index (χ3n) is 4.66. The van der Waals surface area contributed by atoms with Gasteiger partial charge >= 0.3 is 0 Å². The number of carbonyl (C=O) groups is 2. The molecule has 5 heteroatoms. The number of rotatable bonds is 5. The largest absolute Gasteiger partial charge is 0.351 e. The number of benzene rings is 2. The van der Waals surface area contributed by atoms with Gasteiger partial charge in [-0.15, -0.1) is 0 Å². The molecule has 136 valence electrons. The van der Waals surface area contributed by atoms with E-state index in [1.807, 2.05) is 42.1 Å². The van der Waals surface area contributed by atoms with Crippen LogP contribution < -0.4 is 10.2 Å². The van der Waals surface area contributed by atoms with E-state index in [1.165, 1.54) is 5.56 Å². The highest BCUT2D eigenvalue weighted by atomic mass is 16.2. The normalized spacial score (nSPS) is 15.8. The summed E-state index contributed by atoms with van der Waals surface area (Å²) < 4.78 is 0. The summed E-state index contributed by atoms with van der Waals surface area (Å²) in [4.78, 5) is 29.0. The second-order valence-electron chi connectivity index (χ2n) is 6.99. The maximum atomic E-state index is 13.0. The van der Waals surface area contributed by atoms with Crippen molar-refractivity contribution in [1.29, 1.82) is 0 Å². The standard InChI is InChI=1S/C21H25N3O2/c1-15-14-18-6-4-5-7-19(18)24(15)21(26)17-10-8-16(9-11-17)20(25)22-12-13-23(2)3/h4-11,15H,12-14H2,1-3H3,(H,22,25). The average molecular weight is 351 g/mol. The number of para-hydroxylation sites is 1. The SMILES string of the molecule is CC1Cc2ccccc2N1C(=O)c1ccc(C(=O)NCCN(C)C)cc1. The second kappa shape index (κ2) is 7.70. The molecule has 1 unspecified atom stereocenters. The van der Waals surface area contributed by atoms with Gasteiger partial charge in [-0.1, -0.05) is 18.2 Å². The number of hydrogen-bond donors (Lipinski definition) is 1. The molecule has 0 radical (unpaired) electrons. The second-order valence-corrected chi connectivity index (χ2v) is 6.99. The number of amides is 2. The molecule has 5 nitrogen and oxygen atoms in total. The third-order valence-corrected chi connectivity index (χ3v) is 4.66. The van der Waals surface area contributed by atoms with E-state index in [9.17, 15) is 9.59 Å². The molecular formula is C21H25N3O2. The number of carbonyl (C=O) groups excluding carboxylic acids is 2. The van der Waals surface area contributed by atoms with E-state index in [1.54, 1.807) is 24.3 Å². The fraction of sp³-hybridized carbons (Fsp3) is 0.333. The van der Waals surface area contributed by atoms with E-state index in [2.05, 4.69) is 18.3 Å². The lowest BCUT2D eigenvalue weighted by atomic mass is 10.1. The van der Waals surface area contributed by atoms with Gasteiger partial charge in [0, 0.05) is 35.9 Å². The average Bonchev–Trinajstić information content (AvgIpc) is 2.96. The zero-order valence-electron chi connectivity index (χ0n) is 15.5. The van der Waals surface area contributed by atoms with Gasteiger partial charge in [-0.25, -0.2) is 0 Å². The summed E-state index contributed by atoms with van der Waals surface area (Å²) in [6.45, 7) is 3.44. The molecule has 0 aromatic heterocycles. The minimum Gasteiger partial charge on any atom is -0.351 e. The Balaban J connectivity index is 1.71. The summed E-state index contributed by atoms with van der Waals surface area (Å²) in [5.41, 5.74) is 3.34. The van der Waals surface area contributed by atoms with Gasteiger partial charge in [0.1, 0.15) is 0 Å². The van der Waals surface area contributed by atoms with E-state index in [0.29, 0.717) is 17.7 Å². The van der Waals surface area contributed by atoms with Crippen LogP contribution in [-0.4, -0.2) is 49.9 Å². The molecule has 2 aromatic carbocycles. The quantitative estimate of drug-likeness (QED) is 0.901. The summed E-state index contributed by atoms with van der Waals surface area (Å²) in [5, 5.41) is 2.88. The number of anilines is 1. The fourth-order valence-electron chi connectivity index (χ4n) is 3.27. The summed E-state index contributed by atoms with van der Waals surface area (Å²) >= 11 is 0. The molecule has 0 bridgehead atoms. The van der Waals surface area contributed by atoms with Crippen molar-refractivity contribution >= 4 is 17.5 Å². The highest BCUT2D eigenvalue weighted by molar-refractivity contribution is 6.08. The van der Waals surface area contributed by atoms with Crippen molar-refractivity contribution in [2.75, 3.05) is 32.1 Å². The summed E-state index contributed by atoms with van der Waals surface area (Å²) in [5.74, 6) is -0.146. The minimum absolute atomic E-state index is 0.0259. The molecule has 2 aromatic rings. The van der Waals surface area contributed by atoms with Crippen LogP contribution in [-0.2, 0) is 6.42 Å². The lowest BCUT2D eigenvalue weighted by Gasteiger charge is -2.23. The zero-order valence-corrected chi connectivity index (χ0v) is 15.5. The molecule has 0 spiro atoms. The molecule has 0 saturated carbocycles. The predicted octanol–water partition coefficient (Wildman–Crippen LogP) is 2.57. The number of likely N-dealkylation sites (N-methyl/N-ethyl adjacent to an activating group) is 1. The molecule has 1 N–H and O–H groups in total. The summed E-state index contributed by atoms with van der Waals surface area (Å²) in [6.07, 6.45) is 0.869. The lowest BCUT2D eigenvalue weighted by molar-refractivity contribution is 0.0947. The molecule has 2 amide bonds. The molecule has 26 heavy (non-hydrogen) atoms. The predicted molar refractivity (Wildman–Crippen MR) is 104 cm³/mol. The highest BCUT2D eigenvalue weighted by Crippen LogP contribution is 2.33. The van der Waals surface area contributed by atoms with Gasteiger partial charge in [-0.3, -0.25) is 9.59 Å². The molecule has 0 fully saturated rings. The topological polar surface area (TPSA) is 52.7 Å². The molecule has 1 heterocycles. The van der Waals surface area contributed by atoms with Crippen LogP contribution in [0.4, 0.5) is 5.69 Å². The number of hydrogen-bond acceptors (Lipinski definition) is 3. The van der Waals surface area contributed by atoms with Crippen molar-refractivity contribution in [2.24, 2.45) is 0 Å². The van der Waals surface area contributed by atoms with Gasteiger partial charge in [-0.2, -0.15) is 0 Å². The van der Waals surface area contributed by atoms with Crippen molar-refractivity contribution in [1.82, 2.24) is 10.2 Å². The van der Waals surface area contributed by atoms with Gasteiger partial charge < -0.3 is 15.1 Å². The Bertz CT molecular complexity index is 799. The van der Waals surface area contributed by atoms with Crippen LogP contribution in [0.25, 0.3) is 0 Å². The van der Waals surface area contributed by atoms with Crippen LogP contribution in [0.2, 0.25) is 0 Å². The van der Waals surface area contributed by atoms with Crippen molar-refractivity contribution in [3.63, 3.8) is 0 Å². The van der Waals surface area contributed by atoms with E-state index < -0.39 is 0 Å².